The average Bonchev–Trinajstić information content (AvgIpc) is 3.00. The van der Waals surface area contributed by atoms with Crippen LogP contribution in [0.1, 0.15) is 15.9 Å². The summed E-state index contributed by atoms with van der Waals surface area (Å²) in [6.45, 7) is 0.124. The van der Waals surface area contributed by atoms with Gasteiger partial charge in [-0.25, -0.2) is 9.79 Å². The fourth-order valence-corrected chi connectivity index (χ4v) is 3.62. The van der Waals surface area contributed by atoms with Crippen molar-refractivity contribution in [3.63, 3.8) is 0 Å². The predicted octanol–water partition coefficient (Wildman–Crippen LogP) is 3.64. The summed E-state index contributed by atoms with van der Waals surface area (Å²) in [5.74, 6) is 2.17. The SMILES string of the molecule is C#CCOc1ccc(C=C2SC(=Nc3cccc(C(=O)O)c3)N(C)C2=O)cc1OC. The van der Waals surface area contributed by atoms with E-state index >= 15 is 0 Å². The molecular weight excluding hydrogens is 404 g/mol. The van der Waals surface area contributed by atoms with Crippen molar-refractivity contribution in [3.05, 3.63) is 58.5 Å². The number of amidine groups is 1. The minimum absolute atomic E-state index is 0.124. The van der Waals surface area contributed by atoms with Gasteiger partial charge in [-0.3, -0.25) is 9.69 Å². The number of amides is 1. The topological polar surface area (TPSA) is 88.4 Å². The molecule has 152 valence electrons. The van der Waals surface area contributed by atoms with E-state index in [2.05, 4.69) is 10.9 Å². The molecule has 1 heterocycles. The van der Waals surface area contributed by atoms with Crippen molar-refractivity contribution < 1.29 is 24.2 Å². The molecule has 2 aromatic carbocycles. The lowest BCUT2D eigenvalue weighted by atomic mass is 10.2. The molecular formula is C22H18N2O5S. The molecule has 1 N–H and O–H groups in total. The minimum Gasteiger partial charge on any atom is -0.493 e. The summed E-state index contributed by atoms with van der Waals surface area (Å²) in [6.07, 6.45) is 6.95. The second-order valence-electron chi connectivity index (χ2n) is 6.13. The highest BCUT2D eigenvalue weighted by Crippen LogP contribution is 2.35. The first-order valence-corrected chi connectivity index (χ1v) is 9.58. The van der Waals surface area contributed by atoms with Crippen LogP contribution in [0.15, 0.2) is 52.4 Å². The lowest BCUT2D eigenvalue weighted by molar-refractivity contribution is -0.121. The van der Waals surface area contributed by atoms with Crippen LogP contribution in [0.2, 0.25) is 0 Å². The van der Waals surface area contributed by atoms with E-state index in [0.717, 1.165) is 5.56 Å². The van der Waals surface area contributed by atoms with Gasteiger partial charge in [0.15, 0.2) is 16.7 Å². The third-order valence-electron chi connectivity index (χ3n) is 4.12. The molecule has 8 heteroatoms. The van der Waals surface area contributed by atoms with Crippen LogP contribution < -0.4 is 9.47 Å². The van der Waals surface area contributed by atoms with E-state index in [-0.39, 0.29) is 18.1 Å². The first-order chi connectivity index (χ1) is 14.4. The van der Waals surface area contributed by atoms with Crippen molar-refractivity contribution in [3.8, 4) is 23.8 Å². The first-order valence-electron chi connectivity index (χ1n) is 8.77. The maximum Gasteiger partial charge on any atom is 0.335 e. The lowest BCUT2D eigenvalue weighted by Gasteiger charge is -2.09. The molecule has 1 aliphatic heterocycles. The molecule has 0 atom stereocenters. The molecule has 0 unspecified atom stereocenters. The monoisotopic (exact) mass is 422 g/mol. The van der Waals surface area contributed by atoms with Gasteiger partial charge >= 0.3 is 5.97 Å². The Bertz CT molecular complexity index is 1100. The first kappa shape index (κ1) is 21.0. The van der Waals surface area contributed by atoms with E-state index in [1.165, 1.54) is 35.9 Å². The average molecular weight is 422 g/mol. The summed E-state index contributed by atoms with van der Waals surface area (Å²) in [5, 5.41) is 9.58. The number of terminal acetylenes is 1. The van der Waals surface area contributed by atoms with Gasteiger partial charge in [-0.15, -0.1) is 6.42 Å². The van der Waals surface area contributed by atoms with Gasteiger partial charge in [0.05, 0.1) is 23.3 Å². The van der Waals surface area contributed by atoms with Gasteiger partial charge in [0.1, 0.15) is 6.61 Å². The van der Waals surface area contributed by atoms with E-state index in [1.807, 2.05) is 0 Å². The fourth-order valence-electron chi connectivity index (χ4n) is 2.63. The van der Waals surface area contributed by atoms with Gasteiger partial charge in [0, 0.05) is 7.05 Å². The van der Waals surface area contributed by atoms with Gasteiger partial charge in [0.25, 0.3) is 5.91 Å². The number of nitrogens with zero attached hydrogens (tertiary/aromatic N) is 2. The van der Waals surface area contributed by atoms with Crippen LogP contribution in [0.5, 0.6) is 11.5 Å². The van der Waals surface area contributed by atoms with E-state index in [9.17, 15) is 9.59 Å². The Kier molecular flexibility index (Phi) is 6.45. The number of aromatic carboxylic acids is 1. The zero-order valence-electron chi connectivity index (χ0n) is 16.3. The maximum absolute atomic E-state index is 12.6. The third-order valence-corrected chi connectivity index (χ3v) is 5.18. The molecule has 0 saturated carbocycles. The highest BCUT2D eigenvalue weighted by atomic mass is 32.2. The fraction of sp³-hybridized carbons (Fsp3) is 0.136. The Morgan fingerprint density at radius 3 is 2.80 bits per heavy atom. The molecule has 0 bridgehead atoms. The van der Waals surface area contributed by atoms with Crippen molar-refractivity contribution in [1.29, 1.82) is 0 Å². The number of ether oxygens (including phenoxy) is 2. The molecule has 1 amide bonds. The number of methoxy groups -OCH3 is 1. The Balaban J connectivity index is 1.87. The number of likely N-dealkylation sites (N-methyl/N-ethyl adjacent to an activating group) is 1. The van der Waals surface area contributed by atoms with Crippen LogP contribution in [-0.2, 0) is 4.79 Å². The second-order valence-corrected chi connectivity index (χ2v) is 7.14. The van der Waals surface area contributed by atoms with Crippen molar-refractivity contribution in [1.82, 2.24) is 4.90 Å². The largest absolute Gasteiger partial charge is 0.493 e. The number of carbonyl (C=O) groups is 2. The molecule has 0 radical (unpaired) electrons. The number of carbonyl (C=O) groups excluding carboxylic acids is 1. The zero-order chi connectivity index (χ0) is 21.7. The van der Waals surface area contributed by atoms with Crippen LogP contribution in [-0.4, -0.2) is 47.8 Å². The molecule has 0 aliphatic carbocycles. The van der Waals surface area contributed by atoms with Gasteiger partial charge in [0.2, 0.25) is 0 Å². The minimum atomic E-state index is -1.04. The van der Waals surface area contributed by atoms with Crippen LogP contribution in [0.25, 0.3) is 6.08 Å². The van der Waals surface area contributed by atoms with E-state index < -0.39 is 5.97 Å². The molecule has 2 aromatic rings. The van der Waals surface area contributed by atoms with Gasteiger partial charge < -0.3 is 14.6 Å². The second kappa shape index (κ2) is 9.20. The standard InChI is InChI=1S/C22H18N2O5S/c1-4-10-29-17-9-8-14(11-18(17)28-3)12-19-20(25)24(2)22(30-19)23-16-7-5-6-15(13-16)21(26)27/h1,5-9,11-13H,10H2,2-3H3,(H,26,27). The van der Waals surface area contributed by atoms with Gasteiger partial charge in [-0.2, -0.15) is 0 Å². The Hall–Kier alpha value is -3.70. The lowest BCUT2D eigenvalue weighted by Crippen LogP contribution is -2.23. The van der Waals surface area contributed by atoms with Crippen molar-refractivity contribution in [2.75, 3.05) is 20.8 Å². The quantitative estimate of drug-likeness (QED) is 0.565. The number of carboxylic acid groups (broad SMARTS) is 1. The molecule has 0 spiro atoms. The normalized spacial score (nSPS) is 16.0. The summed E-state index contributed by atoms with van der Waals surface area (Å²) < 4.78 is 10.8. The molecule has 1 saturated heterocycles. The smallest absolute Gasteiger partial charge is 0.335 e. The third kappa shape index (κ3) is 4.64. The van der Waals surface area contributed by atoms with Crippen LogP contribution >= 0.6 is 11.8 Å². The number of hydrogen-bond acceptors (Lipinski definition) is 6. The molecule has 1 fully saturated rings. The zero-order valence-corrected chi connectivity index (χ0v) is 17.1. The Labute approximate surface area is 178 Å². The summed E-state index contributed by atoms with van der Waals surface area (Å²) in [6, 6.07) is 11.5. The molecule has 0 aromatic heterocycles. The Morgan fingerprint density at radius 1 is 1.30 bits per heavy atom. The van der Waals surface area contributed by atoms with E-state index in [4.69, 9.17) is 21.0 Å². The number of aliphatic imine (C=N–C) groups is 1. The molecule has 7 nitrogen and oxygen atoms in total. The van der Waals surface area contributed by atoms with Crippen LogP contribution in [0.3, 0.4) is 0 Å². The van der Waals surface area contributed by atoms with E-state index in [0.29, 0.717) is 27.3 Å². The summed E-state index contributed by atoms with van der Waals surface area (Å²) in [4.78, 5) is 30.1. The van der Waals surface area contributed by atoms with Gasteiger partial charge in [-0.05, 0) is 53.7 Å². The number of hydrogen-bond donors (Lipinski definition) is 1. The number of rotatable bonds is 6. The maximum atomic E-state index is 12.6. The molecule has 1 aliphatic rings. The number of thioether (sulfide) groups is 1. The number of carboxylic acids is 1. The highest BCUT2D eigenvalue weighted by Gasteiger charge is 2.30. The summed E-state index contributed by atoms with van der Waals surface area (Å²) >= 11 is 1.20. The molecule has 30 heavy (non-hydrogen) atoms. The summed E-state index contributed by atoms with van der Waals surface area (Å²) in [5.41, 5.74) is 1.33. The summed E-state index contributed by atoms with van der Waals surface area (Å²) in [7, 11) is 3.14. The highest BCUT2D eigenvalue weighted by molar-refractivity contribution is 8.18. The number of benzene rings is 2. The Morgan fingerprint density at radius 2 is 2.10 bits per heavy atom. The van der Waals surface area contributed by atoms with Crippen molar-refractivity contribution >= 4 is 40.6 Å². The van der Waals surface area contributed by atoms with Crippen LogP contribution in [0.4, 0.5) is 5.69 Å². The van der Waals surface area contributed by atoms with E-state index in [1.54, 1.807) is 43.5 Å². The van der Waals surface area contributed by atoms with Crippen molar-refractivity contribution in [2.45, 2.75) is 0 Å². The van der Waals surface area contributed by atoms with Crippen LogP contribution in [0, 0.1) is 12.3 Å². The van der Waals surface area contributed by atoms with Gasteiger partial charge in [-0.1, -0.05) is 18.1 Å². The molecule has 3 rings (SSSR count). The van der Waals surface area contributed by atoms with Crippen molar-refractivity contribution in [2.24, 2.45) is 4.99 Å². The predicted molar refractivity (Wildman–Crippen MR) is 116 cm³/mol.